The van der Waals surface area contributed by atoms with Crippen LogP contribution < -0.4 is 4.90 Å². The molecule has 4 nitrogen and oxygen atoms in total. The van der Waals surface area contributed by atoms with Crippen molar-refractivity contribution in [2.75, 3.05) is 18.0 Å². The fourth-order valence-corrected chi connectivity index (χ4v) is 3.25. The minimum Gasteiger partial charge on any atom is -0.481 e. The summed E-state index contributed by atoms with van der Waals surface area (Å²) in [6.07, 6.45) is 3.10. The van der Waals surface area contributed by atoms with Crippen LogP contribution in [0.25, 0.3) is 0 Å². The first kappa shape index (κ1) is 14.9. The lowest BCUT2D eigenvalue weighted by atomic mass is 9.92. The molecule has 1 aliphatic rings. The molecule has 0 aromatic heterocycles. The van der Waals surface area contributed by atoms with Gasteiger partial charge in [-0.05, 0) is 59.3 Å². The Morgan fingerprint density at radius 2 is 2.15 bits per heavy atom. The van der Waals surface area contributed by atoms with Crippen molar-refractivity contribution in [1.82, 2.24) is 0 Å². The van der Waals surface area contributed by atoms with Crippen molar-refractivity contribution in [1.29, 1.82) is 5.26 Å². The monoisotopic (exact) mass is 336 g/mol. The van der Waals surface area contributed by atoms with Crippen LogP contribution in [0.15, 0.2) is 22.7 Å². The molecule has 106 valence electrons. The normalized spacial score (nSPS) is 15.9. The second-order valence-electron chi connectivity index (χ2n) is 5.14. The van der Waals surface area contributed by atoms with E-state index >= 15 is 0 Å². The Hall–Kier alpha value is -1.54. The Kier molecular flexibility index (Phi) is 5.02. The number of hydrogen-bond donors (Lipinski definition) is 1. The molecule has 1 fully saturated rings. The molecule has 20 heavy (non-hydrogen) atoms. The SMILES string of the molecule is N#Cc1ccc(N2CCC(CCC(=O)O)CC2)c(Br)c1. The summed E-state index contributed by atoms with van der Waals surface area (Å²) < 4.78 is 0.945. The zero-order valence-electron chi connectivity index (χ0n) is 11.2. The number of carboxylic acids is 1. The highest BCUT2D eigenvalue weighted by molar-refractivity contribution is 9.10. The Labute approximate surface area is 127 Å². The van der Waals surface area contributed by atoms with Crippen LogP contribution in [-0.4, -0.2) is 24.2 Å². The van der Waals surface area contributed by atoms with E-state index < -0.39 is 5.97 Å². The van der Waals surface area contributed by atoms with Crippen molar-refractivity contribution in [3.05, 3.63) is 28.2 Å². The van der Waals surface area contributed by atoms with E-state index in [9.17, 15) is 4.79 Å². The van der Waals surface area contributed by atoms with Crippen LogP contribution in [0.5, 0.6) is 0 Å². The highest BCUT2D eigenvalue weighted by Gasteiger charge is 2.21. The third-order valence-electron chi connectivity index (χ3n) is 3.80. The first-order valence-corrected chi connectivity index (χ1v) is 7.56. The molecular formula is C15H17BrN2O2. The second kappa shape index (κ2) is 6.76. The van der Waals surface area contributed by atoms with E-state index in [-0.39, 0.29) is 6.42 Å². The van der Waals surface area contributed by atoms with Gasteiger partial charge in [-0.3, -0.25) is 4.79 Å². The van der Waals surface area contributed by atoms with Gasteiger partial charge in [0.2, 0.25) is 0 Å². The van der Waals surface area contributed by atoms with Crippen molar-refractivity contribution < 1.29 is 9.90 Å². The lowest BCUT2D eigenvalue weighted by Gasteiger charge is -2.34. The highest BCUT2D eigenvalue weighted by Crippen LogP contribution is 2.31. The van der Waals surface area contributed by atoms with Gasteiger partial charge in [-0.15, -0.1) is 0 Å². The third kappa shape index (κ3) is 3.73. The minimum absolute atomic E-state index is 0.269. The van der Waals surface area contributed by atoms with Gasteiger partial charge >= 0.3 is 5.97 Å². The summed E-state index contributed by atoms with van der Waals surface area (Å²) in [5, 5.41) is 17.6. The van der Waals surface area contributed by atoms with Gasteiger partial charge < -0.3 is 10.0 Å². The number of carboxylic acid groups (broad SMARTS) is 1. The molecule has 0 atom stereocenters. The number of benzene rings is 1. The third-order valence-corrected chi connectivity index (χ3v) is 4.43. The molecule has 1 saturated heterocycles. The van der Waals surface area contributed by atoms with E-state index in [1.807, 2.05) is 18.2 Å². The van der Waals surface area contributed by atoms with Crippen molar-refractivity contribution in [2.45, 2.75) is 25.7 Å². The summed E-state index contributed by atoms with van der Waals surface area (Å²) in [7, 11) is 0. The average Bonchev–Trinajstić information content (AvgIpc) is 2.45. The predicted molar refractivity (Wildman–Crippen MR) is 80.7 cm³/mol. The van der Waals surface area contributed by atoms with Gasteiger partial charge in [0, 0.05) is 24.0 Å². The van der Waals surface area contributed by atoms with Gasteiger partial charge in [0.05, 0.1) is 17.3 Å². The molecular weight excluding hydrogens is 320 g/mol. The largest absolute Gasteiger partial charge is 0.481 e. The fourth-order valence-electron chi connectivity index (χ4n) is 2.62. The smallest absolute Gasteiger partial charge is 0.303 e. The van der Waals surface area contributed by atoms with E-state index in [1.54, 1.807) is 0 Å². The maximum Gasteiger partial charge on any atom is 0.303 e. The molecule has 1 N–H and O–H groups in total. The number of carbonyl (C=O) groups is 1. The molecule has 2 rings (SSSR count). The molecule has 1 heterocycles. The number of piperidine rings is 1. The second-order valence-corrected chi connectivity index (χ2v) is 6.00. The van der Waals surface area contributed by atoms with E-state index in [0.29, 0.717) is 11.5 Å². The van der Waals surface area contributed by atoms with Crippen molar-refractivity contribution in [2.24, 2.45) is 5.92 Å². The van der Waals surface area contributed by atoms with E-state index in [1.165, 1.54) is 0 Å². The summed E-state index contributed by atoms with van der Waals surface area (Å²) in [6.45, 7) is 1.88. The number of halogens is 1. The fraction of sp³-hybridized carbons (Fsp3) is 0.467. The van der Waals surface area contributed by atoms with Crippen molar-refractivity contribution >= 4 is 27.6 Å². The number of hydrogen-bond acceptors (Lipinski definition) is 3. The van der Waals surface area contributed by atoms with Crippen LogP contribution >= 0.6 is 15.9 Å². The molecule has 5 heteroatoms. The molecule has 0 radical (unpaired) electrons. The summed E-state index contributed by atoms with van der Waals surface area (Å²) in [5.74, 6) is -0.193. The van der Waals surface area contributed by atoms with Gasteiger partial charge in [0.15, 0.2) is 0 Å². The van der Waals surface area contributed by atoms with Gasteiger partial charge in [0.25, 0.3) is 0 Å². The van der Waals surface area contributed by atoms with Gasteiger partial charge in [-0.2, -0.15) is 5.26 Å². The van der Waals surface area contributed by atoms with E-state index in [2.05, 4.69) is 26.9 Å². The van der Waals surface area contributed by atoms with E-state index in [0.717, 1.165) is 42.5 Å². The summed E-state index contributed by atoms with van der Waals surface area (Å²) in [5.41, 5.74) is 1.76. The maximum absolute atomic E-state index is 10.6. The maximum atomic E-state index is 10.6. The van der Waals surface area contributed by atoms with Crippen LogP contribution in [0.1, 0.15) is 31.2 Å². The van der Waals surface area contributed by atoms with Gasteiger partial charge in [0.1, 0.15) is 0 Å². The number of nitriles is 1. The predicted octanol–water partition coefficient (Wildman–Crippen LogP) is 3.40. The zero-order chi connectivity index (χ0) is 14.5. The highest BCUT2D eigenvalue weighted by atomic mass is 79.9. The Morgan fingerprint density at radius 1 is 1.45 bits per heavy atom. The Balaban J connectivity index is 1.94. The molecule has 1 aromatic carbocycles. The van der Waals surface area contributed by atoms with Gasteiger partial charge in [-0.25, -0.2) is 0 Å². The Bertz CT molecular complexity index is 531. The van der Waals surface area contributed by atoms with Crippen LogP contribution in [0.2, 0.25) is 0 Å². The molecule has 0 bridgehead atoms. The molecule has 1 aromatic rings. The van der Waals surface area contributed by atoms with Crippen LogP contribution in [0, 0.1) is 17.2 Å². The number of nitrogens with zero attached hydrogens (tertiary/aromatic N) is 2. The quantitative estimate of drug-likeness (QED) is 0.915. The average molecular weight is 337 g/mol. The number of anilines is 1. The molecule has 0 saturated carbocycles. The Morgan fingerprint density at radius 3 is 2.70 bits per heavy atom. The first-order chi connectivity index (χ1) is 9.60. The first-order valence-electron chi connectivity index (χ1n) is 6.76. The molecule has 0 spiro atoms. The van der Waals surface area contributed by atoms with Crippen LogP contribution in [-0.2, 0) is 4.79 Å². The lowest BCUT2D eigenvalue weighted by Crippen LogP contribution is -2.34. The van der Waals surface area contributed by atoms with Crippen LogP contribution in [0.3, 0.4) is 0 Å². The summed E-state index contributed by atoms with van der Waals surface area (Å²) in [4.78, 5) is 12.9. The van der Waals surface area contributed by atoms with Crippen molar-refractivity contribution in [3.63, 3.8) is 0 Å². The zero-order valence-corrected chi connectivity index (χ0v) is 12.8. The lowest BCUT2D eigenvalue weighted by molar-refractivity contribution is -0.137. The van der Waals surface area contributed by atoms with Gasteiger partial charge in [-0.1, -0.05) is 0 Å². The van der Waals surface area contributed by atoms with Crippen LogP contribution in [0.4, 0.5) is 5.69 Å². The minimum atomic E-state index is -0.706. The molecule has 0 aliphatic carbocycles. The standard InChI is InChI=1S/C15H17BrN2O2/c16-13-9-12(10-17)1-3-14(13)18-7-5-11(6-8-18)2-4-15(19)20/h1,3,9,11H,2,4-8H2,(H,19,20). The topological polar surface area (TPSA) is 64.3 Å². The summed E-state index contributed by atoms with van der Waals surface area (Å²) >= 11 is 3.52. The number of rotatable bonds is 4. The molecule has 0 amide bonds. The summed E-state index contributed by atoms with van der Waals surface area (Å²) in [6, 6.07) is 7.77. The molecule has 0 unspecified atom stereocenters. The molecule has 1 aliphatic heterocycles. The van der Waals surface area contributed by atoms with E-state index in [4.69, 9.17) is 10.4 Å². The van der Waals surface area contributed by atoms with Crippen molar-refractivity contribution in [3.8, 4) is 6.07 Å². The number of aliphatic carboxylic acids is 1.